The third-order valence-corrected chi connectivity index (χ3v) is 3.11. The fourth-order valence-electron chi connectivity index (χ4n) is 2.06. The fourth-order valence-corrected chi connectivity index (χ4v) is 2.06. The molecule has 2 heterocycles. The van der Waals surface area contributed by atoms with E-state index in [1.54, 1.807) is 6.61 Å². The summed E-state index contributed by atoms with van der Waals surface area (Å²) >= 11 is 0. The minimum absolute atomic E-state index is 0. The zero-order valence-corrected chi connectivity index (χ0v) is 12.6. The van der Waals surface area contributed by atoms with Gasteiger partial charge in [0.1, 0.15) is 5.60 Å². The Morgan fingerprint density at radius 1 is 1.71 bits per heavy atom. The van der Waals surface area contributed by atoms with Crippen LogP contribution < -0.4 is 0 Å². The maximum Gasteiger partial charge on any atom is 0.153 e. The molecule has 4 atom stereocenters. The number of nitrogens with zero attached hydrogens (tertiary/aromatic N) is 1. The van der Waals surface area contributed by atoms with Crippen LogP contribution in [0.5, 0.6) is 0 Å². The summed E-state index contributed by atoms with van der Waals surface area (Å²) in [5.74, 6) is 0.323. The Hall–Kier alpha value is 0.442. The Bertz CT molecular complexity index is 216. The van der Waals surface area contributed by atoms with E-state index in [1.165, 1.54) is 0 Å². The molecule has 0 saturated carbocycles. The van der Waals surface area contributed by atoms with E-state index in [0.717, 1.165) is 0 Å². The van der Waals surface area contributed by atoms with E-state index in [4.69, 9.17) is 14.3 Å². The molecule has 2 rings (SSSR count). The molecule has 2 saturated heterocycles. The normalized spacial score (nSPS) is 41.6. The number of rotatable bonds is 3. The summed E-state index contributed by atoms with van der Waals surface area (Å²) in [5, 5.41) is 3.43. The van der Waals surface area contributed by atoms with E-state index in [-0.39, 0.29) is 48.9 Å². The molecule has 78 valence electrons. The second-order valence-electron chi connectivity index (χ2n) is 3.65. The van der Waals surface area contributed by atoms with E-state index in [1.807, 2.05) is 6.92 Å². The third-order valence-electron chi connectivity index (χ3n) is 3.11. The minimum Gasteiger partial charge on any atom is -0.540 e. The smallest absolute Gasteiger partial charge is 0.153 e. The molecule has 5 heteroatoms. The Morgan fingerprint density at radius 3 is 2.79 bits per heavy atom. The third kappa shape index (κ3) is 1.65. The topological polar surface area (TPSA) is 40.0 Å². The molecule has 2 fully saturated rings. The van der Waals surface area contributed by atoms with Gasteiger partial charge in [0.15, 0.2) is 6.10 Å². The molecule has 2 aliphatic rings. The molecular weight excluding hydrogens is 408 g/mol. The van der Waals surface area contributed by atoms with Gasteiger partial charge in [-0.25, -0.2) is 0 Å². The Balaban J connectivity index is 0.000000980. The predicted octanol–water partition coefficient (Wildman–Crippen LogP) is 0.973. The molecule has 0 aromatic carbocycles. The molecule has 0 aliphatic carbocycles. The molecule has 0 N–H and O–H groups in total. The van der Waals surface area contributed by atoms with Crippen LogP contribution >= 0.6 is 0 Å². The Morgan fingerprint density at radius 2 is 2.43 bits per heavy atom. The second kappa shape index (κ2) is 4.53. The molecular formula is C9H14NO3U-. The first-order chi connectivity index (χ1) is 6.20. The van der Waals surface area contributed by atoms with E-state index in [0.29, 0.717) is 12.5 Å². The van der Waals surface area contributed by atoms with Crippen LogP contribution in [-0.4, -0.2) is 31.1 Å². The standard InChI is InChI=1S/C9H14NO3.U/c1-6-8-4-12-9(6,5-11-8)7(2)13-10-3;/h4,6-8H,3,5H2,1-2H3;/q-1;/t6-,7?,8-,9-;/m0./s1. The van der Waals surface area contributed by atoms with Crippen molar-refractivity contribution in [2.24, 2.45) is 11.1 Å². The maximum absolute atomic E-state index is 5.60. The minimum atomic E-state index is -0.355. The molecule has 2 aliphatic heterocycles. The Kier molecular flexibility index (Phi) is 4.04. The van der Waals surface area contributed by atoms with Crippen LogP contribution in [-0.2, 0) is 14.3 Å². The van der Waals surface area contributed by atoms with Crippen molar-refractivity contribution in [1.29, 1.82) is 0 Å². The number of fused-ring (bicyclic) bond motifs is 2. The average Bonchev–Trinajstić information content (AvgIpc) is 2.62. The van der Waals surface area contributed by atoms with E-state index in [9.17, 15) is 0 Å². The van der Waals surface area contributed by atoms with Crippen molar-refractivity contribution in [3.63, 3.8) is 0 Å². The molecule has 1 unspecified atom stereocenters. The number of hydrogen-bond donors (Lipinski definition) is 0. The molecule has 0 aromatic heterocycles. The van der Waals surface area contributed by atoms with Gasteiger partial charge < -0.3 is 14.3 Å². The molecule has 14 heavy (non-hydrogen) atoms. The fraction of sp³-hybridized carbons (Fsp3) is 0.778. The largest absolute Gasteiger partial charge is 0.540 e. The van der Waals surface area contributed by atoms with Crippen LogP contribution in [0.15, 0.2) is 5.16 Å². The van der Waals surface area contributed by atoms with Crippen molar-refractivity contribution in [2.45, 2.75) is 31.7 Å². The van der Waals surface area contributed by atoms with Crippen molar-refractivity contribution in [3.8, 4) is 0 Å². The Labute approximate surface area is 108 Å². The zero-order valence-electron chi connectivity index (χ0n) is 8.40. The monoisotopic (exact) mass is 422 g/mol. The average molecular weight is 422 g/mol. The van der Waals surface area contributed by atoms with Gasteiger partial charge in [0, 0.05) is 37.8 Å². The zero-order chi connectivity index (χ0) is 9.47. The molecule has 2 bridgehead atoms. The van der Waals surface area contributed by atoms with Crippen LogP contribution in [0.25, 0.3) is 0 Å². The van der Waals surface area contributed by atoms with Gasteiger partial charge in [0.05, 0.1) is 6.61 Å². The second-order valence-corrected chi connectivity index (χ2v) is 3.65. The predicted molar refractivity (Wildman–Crippen MR) is 47.1 cm³/mol. The van der Waals surface area contributed by atoms with Crippen LogP contribution in [0.4, 0.5) is 0 Å². The summed E-state index contributed by atoms with van der Waals surface area (Å²) in [5.41, 5.74) is -0.355. The van der Waals surface area contributed by atoms with Crippen molar-refractivity contribution in [2.75, 3.05) is 6.61 Å². The van der Waals surface area contributed by atoms with E-state index in [2.05, 4.69) is 18.8 Å². The first-order valence-corrected chi connectivity index (χ1v) is 4.45. The molecule has 0 spiro atoms. The summed E-state index contributed by atoms with van der Waals surface area (Å²) in [7, 11) is 0. The van der Waals surface area contributed by atoms with Gasteiger partial charge in [-0.2, -0.15) is 6.61 Å². The number of ether oxygens (including phenoxy) is 2. The molecule has 0 radical (unpaired) electrons. The molecule has 0 amide bonds. The van der Waals surface area contributed by atoms with Gasteiger partial charge in [-0.15, -0.1) is 5.16 Å². The van der Waals surface area contributed by atoms with E-state index >= 15 is 0 Å². The quantitative estimate of drug-likeness (QED) is 0.387. The maximum atomic E-state index is 5.60. The van der Waals surface area contributed by atoms with Crippen LogP contribution in [0.2, 0.25) is 0 Å². The summed E-state index contributed by atoms with van der Waals surface area (Å²) in [6, 6.07) is 0. The van der Waals surface area contributed by atoms with Crippen LogP contribution in [0, 0.1) is 43.6 Å². The number of hydrogen-bond acceptors (Lipinski definition) is 4. The van der Waals surface area contributed by atoms with Gasteiger partial charge in [0.25, 0.3) is 0 Å². The van der Waals surface area contributed by atoms with Crippen molar-refractivity contribution < 1.29 is 45.4 Å². The van der Waals surface area contributed by atoms with Crippen molar-refractivity contribution in [3.05, 3.63) is 6.61 Å². The van der Waals surface area contributed by atoms with Gasteiger partial charge in [0.2, 0.25) is 0 Å². The van der Waals surface area contributed by atoms with Gasteiger partial charge >= 0.3 is 0 Å². The molecule has 0 aromatic rings. The summed E-state index contributed by atoms with van der Waals surface area (Å²) in [6.45, 7) is 9.65. The first-order valence-electron chi connectivity index (χ1n) is 4.45. The molecule has 4 nitrogen and oxygen atoms in total. The summed E-state index contributed by atoms with van der Waals surface area (Å²) < 4.78 is 11.1. The van der Waals surface area contributed by atoms with Crippen molar-refractivity contribution in [1.82, 2.24) is 0 Å². The SMILES string of the molecule is C=NOC(C)[C@@]12CO[C@@H]([CH-]O1)[C@@H]2C.[U]. The van der Waals surface area contributed by atoms with Crippen molar-refractivity contribution >= 4 is 6.72 Å². The summed E-state index contributed by atoms with van der Waals surface area (Å²) in [4.78, 5) is 5.11. The van der Waals surface area contributed by atoms with Crippen LogP contribution in [0.3, 0.4) is 0 Å². The van der Waals surface area contributed by atoms with Gasteiger partial charge in [-0.05, 0) is 18.9 Å². The summed E-state index contributed by atoms with van der Waals surface area (Å²) in [6.07, 6.45) is -0.0142. The van der Waals surface area contributed by atoms with Crippen LogP contribution in [0.1, 0.15) is 13.8 Å². The first kappa shape index (κ1) is 12.5. The van der Waals surface area contributed by atoms with E-state index < -0.39 is 0 Å². The number of oxime groups is 1. The van der Waals surface area contributed by atoms with Gasteiger partial charge in [-0.1, -0.05) is 6.92 Å². The van der Waals surface area contributed by atoms with Gasteiger partial charge in [-0.3, -0.25) is 0 Å².